The molecule has 0 spiro atoms. The number of aryl methyl sites for hydroxylation is 1. The first-order valence-electron chi connectivity index (χ1n) is 7.67. The number of benzene rings is 1. The maximum absolute atomic E-state index is 13.7. The Labute approximate surface area is 147 Å². The zero-order chi connectivity index (χ0) is 18.7. The average Bonchev–Trinajstić information content (AvgIpc) is 2.62. The Morgan fingerprint density at radius 2 is 1.96 bits per heavy atom. The van der Waals surface area contributed by atoms with Crippen LogP contribution in [0.4, 0.5) is 14.6 Å². The SMILES string of the molecule is Cn1nc(C(=O)Nc2ccc(Cc3cc(F)ccc3F)cn2)ccc1=O. The van der Waals surface area contributed by atoms with Gasteiger partial charge in [-0.25, -0.2) is 18.4 Å². The van der Waals surface area contributed by atoms with Crippen LogP contribution in [0, 0.1) is 11.6 Å². The van der Waals surface area contributed by atoms with E-state index in [-0.39, 0.29) is 29.1 Å². The molecule has 0 aliphatic heterocycles. The Balaban J connectivity index is 1.71. The van der Waals surface area contributed by atoms with Crippen LogP contribution >= 0.6 is 0 Å². The van der Waals surface area contributed by atoms with Gasteiger partial charge in [-0.1, -0.05) is 6.07 Å². The first-order chi connectivity index (χ1) is 12.4. The van der Waals surface area contributed by atoms with E-state index in [2.05, 4.69) is 15.4 Å². The van der Waals surface area contributed by atoms with Gasteiger partial charge in [0.1, 0.15) is 23.1 Å². The van der Waals surface area contributed by atoms with Crippen molar-refractivity contribution in [2.45, 2.75) is 6.42 Å². The van der Waals surface area contributed by atoms with Gasteiger partial charge in [0.25, 0.3) is 11.5 Å². The van der Waals surface area contributed by atoms with Gasteiger partial charge in [-0.05, 0) is 41.5 Å². The molecule has 2 aromatic heterocycles. The van der Waals surface area contributed by atoms with Gasteiger partial charge < -0.3 is 5.32 Å². The third kappa shape index (κ3) is 3.97. The summed E-state index contributed by atoms with van der Waals surface area (Å²) in [6.45, 7) is 0. The van der Waals surface area contributed by atoms with Gasteiger partial charge in [-0.15, -0.1) is 0 Å². The number of anilines is 1. The molecule has 0 radical (unpaired) electrons. The van der Waals surface area contributed by atoms with Gasteiger partial charge in [0.05, 0.1) is 0 Å². The number of carbonyl (C=O) groups is 1. The lowest BCUT2D eigenvalue weighted by atomic mass is 10.1. The Hall–Kier alpha value is -3.42. The van der Waals surface area contributed by atoms with Crippen LogP contribution in [0.5, 0.6) is 0 Å². The molecule has 6 nitrogen and oxygen atoms in total. The second-order valence-corrected chi connectivity index (χ2v) is 5.60. The number of pyridine rings is 1. The molecule has 8 heteroatoms. The summed E-state index contributed by atoms with van der Waals surface area (Å²) in [5.41, 5.74) is 0.624. The molecule has 0 atom stereocenters. The Morgan fingerprint density at radius 3 is 2.65 bits per heavy atom. The van der Waals surface area contributed by atoms with Crippen LogP contribution in [-0.4, -0.2) is 20.7 Å². The number of amides is 1. The van der Waals surface area contributed by atoms with Crippen LogP contribution < -0.4 is 10.9 Å². The van der Waals surface area contributed by atoms with Crippen molar-refractivity contribution in [1.29, 1.82) is 0 Å². The number of nitrogens with one attached hydrogen (secondary N) is 1. The van der Waals surface area contributed by atoms with Crippen LogP contribution in [0.25, 0.3) is 0 Å². The maximum atomic E-state index is 13.7. The summed E-state index contributed by atoms with van der Waals surface area (Å²) < 4.78 is 27.9. The van der Waals surface area contributed by atoms with Gasteiger partial charge in [-0.3, -0.25) is 9.59 Å². The molecule has 26 heavy (non-hydrogen) atoms. The Morgan fingerprint density at radius 1 is 1.15 bits per heavy atom. The maximum Gasteiger partial charge on any atom is 0.277 e. The highest BCUT2D eigenvalue weighted by molar-refractivity contribution is 6.02. The molecule has 0 saturated heterocycles. The summed E-state index contributed by atoms with van der Waals surface area (Å²) in [7, 11) is 1.44. The molecule has 1 amide bonds. The molecule has 0 saturated carbocycles. The molecular formula is C18H14F2N4O2. The van der Waals surface area contributed by atoms with Crippen molar-refractivity contribution in [3.63, 3.8) is 0 Å². The number of rotatable bonds is 4. The van der Waals surface area contributed by atoms with Gasteiger partial charge in [0, 0.05) is 25.7 Å². The normalized spacial score (nSPS) is 10.6. The van der Waals surface area contributed by atoms with Crippen LogP contribution in [-0.2, 0) is 13.5 Å². The fourth-order valence-electron chi connectivity index (χ4n) is 2.31. The first kappa shape index (κ1) is 17.4. The highest BCUT2D eigenvalue weighted by Crippen LogP contribution is 2.15. The van der Waals surface area contributed by atoms with Gasteiger partial charge >= 0.3 is 0 Å². The molecule has 2 heterocycles. The third-order valence-electron chi connectivity index (χ3n) is 3.66. The van der Waals surface area contributed by atoms with E-state index < -0.39 is 17.5 Å². The molecule has 0 aliphatic rings. The minimum Gasteiger partial charge on any atom is -0.305 e. The molecule has 0 unspecified atom stereocenters. The third-order valence-corrected chi connectivity index (χ3v) is 3.66. The minimum atomic E-state index is -0.517. The van der Waals surface area contributed by atoms with Crippen molar-refractivity contribution < 1.29 is 13.6 Å². The monoisotopic (exact) mass is 356 g/mol. The van der Waals surface area contributed by atoms with E-state index in [0.717, 1.165) is 22.9 Å². The lowest BCUT2D eigenvalue weighted by Crippen LogP contribution is -2.23. The van der Waals surface area contributed by atoms with Crippen LogP contribution in [0.3, 0.4) is 0 Å². The zero-order valence-electron chi connectivity index (χ0n) is 13.7. The average molecular weight is 356 g/mol. The summed E-state index contributed by atoms with van der Waals surface area (Å²) in [4.78, 5) is 27.5. The lowest BCUT2D eigenvalue weighted by molar-refractivity contribution is 0.101. The van der Waals surface area contributed by atoms with Crippen molar-refractivity contribution >= 4 is 11.7 Å². The van der Waals surface area contributed by atoms with Crippen molar-refractivity contribution in [3.8, 4) is 0 Å². The van der Waals surface area contributed by atoms with E-state index >= 15 is 0 Å². The largest absolute Gasteiger partial charge is 0.305 e. The molecule has 1 N–H and O–H groups in total. The second kappa shape index (κ2) is 7.22. The van der Waals surface area contributed by atoms with Gasteiger partial charge in [0.2, 0.25) is 0 Å². The van der Waals surface area contributed by atoms with E-state index in [1.165, 1.54) is 25.4 Å². The van der Waals surface area contributed by atoms with Gasteiger partial charge in [-0.2, -0.15) is 5.10 Å². The molecule has 3 aromatic rings. The summed E-state index contributed by atoms with van der Waals surface area (Å²) in [6, 6.07) is 9.03. The highest BCUT2D eigenvalue weighted by atomic mass is 19.1. The quantitative estimate of drug-likeness (QED) is 0.778. The fraction of sp³-hybridized carbons (Fsp3) is 0.111. The number of hydrogen-bond donors (Lipinski definition) is 1. The van der Waals surface area contributed by atoms with Crippen molar-refractivity contribution in [2.75, 3.05) is 5.32 Å². The molecule has 0 fully saturated rings. The molecule has 3 rings (SSSR count). The number of halogens is 2. The Kier molecular flexibility index (Phi) is 4.83. The fourth-order valence-corrected chi connectivity index (χ4v) is 2.31. The van der Waals surface area contributed by atoms with Crippen LogP contribution in [0.2, 0.25) is 0 Å². The zero-order valence-corrected chi connectivity index (χ0v) is 13.7. The summed E-state index contributed by atoms with van der Waals surface area (Å²) in [5, 5.41) is 6.40. The minimum absolute atomic E-state index is 0.0693. The standard InChI is InChI=1S/C18H14F2N4O2/c1-24-17(25)7-5-15(23-24)18(26)22-16-6-2-11(10-21-16)8-12-9-13(19)3-4-14(12)20/h2-7,9-10H,8H2,1H3,(H,21,22,26). The topological polar surface area (TPSA) is 76.9 Å². The van der Waals surface area contributed by atoms with E-state index in [9.17, 15) is 18.4 Å². The Bertz CT molecular complexity index is 1020. The molecule has 1 aromatic carbocycles. The van der Waals surface area contributed by atoms with Crippen molar-refractivity contribution in [1.82, 2.24) is 14.8 Å². The molecule has 0 bridgehead atoms. The first-order valence-corrected chi connectivity index (χ1v) is 7.67. The summed E-state index contributed by atoms with van der Waals surface area (Å²) >= 11 is 0. The lowest BCUT2D eigenvalue weighted by Gasteiger charge is -2.07. The van der Waals surface area contributed by atoms with Crippen molar-refractivity contribution in [2.24, 2.45) is 7.05 Å². The number of carbonyl (C=O) groups excluding carboxylic acids is 1. The van der Waals surface area contributed by atoms with Gasteiger partial charge in [0.15, 0.2) is 0 Å². The van der Waals surface area contributed by atoms with Crippen LogP contribution in [0.15, 0.2) is 53.5 Å². The molecule has 132 valence electrons. The smallest absolute Gasteiger partial charge is 0.277 e. The summed E-state index contributed by atoms with van der Waals surface area (Å²) in [5.74, 6) is -1.25. The summed E-state index contributed by atoms with van der Waals surface area (Å²) in [6.07, 6.45) is 1.64. The van der Waals surface area contributed by atoms with E-state index in [1.807, 2.05) is 0 Å². The van der Waals surface area contributed by atoms with E-state index in [0.29, 0.717) is 5.56 Å². The molecular weight excluding hydrogens is 342 g/mol. The van der Waals surface area contributed by atoms with Crippen LogP contribution in [0.1, 0.15) is 21.6 Å². The van der Waals surface area contributed by atoms with Crippen molar-refractivity contribution in [3.05, 3.63) is 87.5 Å². The second-order valence-electron chi connectivity index (χ2n) is 5.60. The van der Waals surface area contributed by atoms with E-state index in [4.69, 9.17) is 0 Å². The van der Waals surface area contributed by atoms with E-state index in [1.54, 1.807) is 12.1 Å². The predicted octanol–water partition coefficient (Wildman–Crippen LogP) is 2.30. The number of hydrogen-bond acceptors (Lipinski definition) is 4. The number of nitrogens with zero attached hydrogens (tertiary/aromatic N) is 3. The molecule has 0 aliphatic carbocycles. The number of aromatic nitrogens is 3. The predicted molar refractivity (Wildman–Crippen MR) is 90.8 cm³/mol. The highest BCUT2D eigenvalue weighted by Gasteiger charge is 2.10.